The minimum Gasteiger partial charge on any atom is -0.347 e. The Hall–Kier alpha value is -3.48. The minimum atomic E-state index is -0.325. The van der Waals surface area contributed by atoms with Crippen LogP contribution in [0.3, 0.4) is 0 Å². The van der Waals surface area contributed by atoms with Crippen molar-refractivity contribution in [2.45, 2.75) is 20.4 Å². The number of nitrogens with one attached hydrogen (secondary N) is 2. The molecule has 27 heavy (non-hydrogen) atoms. The molecule has 0 saturated carbocycles. The molecule has 2 amide bonds. The highest BCUT2D eigenvalue weighted by Crippen LogP contribution is 2.18. The Morgan fingerprint density at radius 2 is 1.89 bits per heavy atom. The lowest BCUT2D eigenvalue weighted by molar-refractivity contribution is -0.118. The second-order valence-electron chi connectivity index (χ2n) is 6.35. The number of aromatic nitrogens is 3. The van der Waals surface area contributed by atoms with Crippen LogP contribution in [0.1, 0.15) is 29.9 Å². The van der Waals surface area contributed by atoms with Gasteiger partial charge in [0.2, 0.25) is 5.91 Å². The lowest BCUT2D eigenvalue weighted by atomic mass is 10.2. The summed E-state index contributed by atoms with van der Waals surface area (Å²) in [7, 11) is 0. The van der Waals surface area contributed by atoms with Gasteiger partial charge in [0.15, 0.2) is 5.69 Å². The van der Waals surface area contributed by atoms with E-state index in [0.717, 1.165) is 11.3 Å². The molecule has 1 aromatic carbocycles. The average Bonchev–Trinajstić information content (AvgIpc) is 3.11. The van der Waals surface area contributed by atoms with Crippen LogP contribution in [0.2, 0.25) is 0 Å². The van der Waals surface area contributed by atoms with Crippen LogP contribution in [0, 0.1) is 5.92 Å². The summed E-state index contributed by atoms with van der Waals surface area (Å²) in [6.07, 6.45) is 3.37. The van der Waals surface area contributed by atoms with Gasteiger partial charge in [-0.1, -0.05) is 38.1 Å². The Balaban J connectivity index is 1.84. The summed E-state index contributed by atoms with van der Waals surface area (Å²) in [5, 5.41) is 10.0. The normalized spacial score (nSPS) is 10.6. The predicted molar refractivity (Wildman–Crippen MR) is 102 cm³/mol. The van der Waals surface area contributed by atoms with Crippen LogP contribution in [0.15, 0.2) is 60.9 Å². The maximum atomic E-state index is 12.5. The number of hydrogen-bond acceptors (Lipinski definition) is 4. The first kappa shape index (κ1) is 18.3. The average molecular weight is 363 g/mol. The van der Waals surface area contributed by atoms with Gasteiger partial charge in [-0.3, -0.25) is 14.6 Å². The molecule has 2 N–H and O–H groups in total. The highest BCUT2D eigenvalue weighted by atomic mass is 16.2. The van der Waals surface area contributed by atoms with Crippen molar-refractivity contribution in [3.63, 3.8) is 0 Å². The molecule has 0 spiro atoms. The van der Waals surface area contributed by atoms with Crippen LogP contribution in [0.25, 0.3) is 5.69 Å². The smallest absolute Gasteiger partial charge is 0.272 e. The van der Waals surface area contributed by atoms with Crippen LogP contribution < -0.4 is 10.6 Å². The quantitative estimate of drug-likeness (QED) is 0.705. The SMILES string of the molecule is CC(C)C(=O)Nc1cc(C(=O)NCc2cccnc2)nn1-c1ccccc1. The summed E-state index contributed by atoms with van der Waals surface area (Å²) in [4.78, 5) is 28.7. The topological polar surface area (TPSA) is 88.9 Å². The van der Waals surface area contributed by atoms with E-state index in [1.54, 1.807) is 37.0 Å². The summed E-state index contributed by atoms with van der Waals surface area (Å²) in [5.74, 6) is -0.207. The number of nitrogens with zero attached hydrogens (tertiary/aromatic N) is 3. The number of anilines is 1. The second kappa shape index (κ2) is 8.27. The Kier molecular flexibility index (Phi) is 5.61. The monoisotopic (exact) mass is 363 g/mol. The van der Waals surface area contributed by atoms with E-state index < -0.39 is 0 Å². The Labute approximate surface area is 157 Å². The first-order chi connectivity index (χ1) is 13.0. The number of carbonyl (C=O) groups is 2. The fourth-order valence-corrected chi connectivity index (χ4v) is 2.39. The van der Waals surface area contributed by atoms with Gasteiger partial charge < -0.3 is 10.6 Å². The zero-order valence-electron chi connectivity index (χ0n) is 15.2. The molecule has 0 bridgehead atoms. The van der Waals surface area contributed by atoms with Gasteiger partial charge in [0, 0.05) is 30.9 Å². The third kappa shape index (κ3) is 4.58. The van der Waals surface area contributed by atoms with Crippen LogP contribution in [0.4, 0.5) is 5.82 Å². The molecule has 3 rings (SSSR count). The third-order valence-corrected chi connectivity index (χ3v) is 3.89. The van der Waals surface area contributed by atoms with Crippen molar-refractivity contribution in [3.05, 3.63) is 72.2 Å². The van der Waals surface area contributed by atoms with Gasteiger partial charge in [-0.2, -0.15) is 5.10 Å². The number of benzene rings is 1. The van der Waals surface area contributed by atoms with Gasteiger partial charge in [0.05, 0.1) is 5.69 Å². The first-order valence-electron chi connectivity index (χ1n) is 8.68. The van der Waals surface area contributed by atoms with Crippen molar-refractivity contribution in [3.8, 4) is 5.69 Å². The van der Waals surface area contributed by atoms with E-state index in [0.29, 0.717) is 12.4 Å². The molecule has 7 nitrogen and oxygen atoms in total. The Morgan fingerprint density at radius 1 is 1.11 bits per heavy atom. The molecule has 7 heteroatoms. The molecule has 0 atom stereocenters. The number of amides is 2. The van der Waals surface area contributed by atoms with Crippen molar-refractivity contribution in [2.24, 2.45) is 5.92 Å². The largest absolute Gasteiger partial charge is 0.347 e. The van der Waals surface area contributed by atoms with Crippen molar-refractivity contribution >= 4 is 17.6 Å². The van der Waals surface area contributed by atoms with E-state index in [9.17, 15) is 9.59 Å². The minimum absolute atomic E-state index is 0.144. The molecule has 0 aliphatic heterocycles. The van der Waals surface area contributed by atoms with Crippen LogP contribution in [-0.2, 0) is 11.3 Å². The van der Waals surface area contributed by atoms with Crippen molar-refractivity contribution in [1.29, 1.82) is 0 Å². The number of pyridine rings is 1. The number of hydrogen-bond donors (Lipinski definition) is 2. The van der Waals surface area contributed by atoms with Gasteiger partial charge in [-0.05, 0) is 23.8 Å². The van der Waals surface area contributed by atoms with Gasteiger partial charge in [0.25, 0.3) is 5.91 Å². The van der Waals surface area contributed by atoms with Gasteiger partial charge in [0.1, 0.15) is 5.82 Å². The molecule has 0 unspecified atom stereocenters. The number of carbonyl (C=O) groups excluding carboxylic acids is 2. The Bertz CT molecular complexity index is 920. The highest BCUT2D eigenvalue weighted by Gasteiger charge is 2.18. The van der Waals surface area contributed by atoms with E-state index in [1.165, 1.54) is 0 Å². The molecule has 138 valence electrons. The van der Waals surface area contributed by atoms with Crippen molar-refractivity contribution in [2.75, 3.05) is 5.32 Å². The van der Waals surface area contributed by atoms with E-state index in [4.69, 9.17) is 0 Å². The third-order valence-electron chi connectivity index (χ3n) is 3.89. The fourth-order valence-electron chi connectivity index (χ4n) is 2.39. The van der Waals surface area contributed by atoms with Crippen LogP contribution >= 0.6 is 0 Å². The lowest BCUT2D eigenvalue weighted by Gasteiger charge is -2.10. The van der Waals surface area contributed by atoms with Gasteiger partial charge >= 0.3 is 0 Å². The maximum Gasteiger partial charge on any atom is 0.272 e. The summed E-state index contributed by atoms with van der Waals surface area (Å²) in [5.41, 5.74) is 1.87. The molecule has 0 saturated heterocycles. The first-order valence-corrected chi connectivity index (χ1v) is 8.68. The van der Waals surface area contributed by atoms with Crippen LogP contribution in [0.5, 0.6) is 0 Å². The molecule has 0 fully saturated rings. The lowest BCUT2D eigenvalue weighted by Crippen LogP contribution is -2.23. The predicted octanol–water partition coefficient (Wildman–Crippen LogP) is 2.79. The van der Waals surface area contributed by atoms with E-state index >= 15 is 0 Å². The molecular weight excluding hydrogens is 342 g/mol. The molecule has 2 heterocycles. The van der Waals surface area contributed by atoms with Crippen LogP contribution in [-0.4, -0.2) is 26.6 Å². The molecule has 3 aromatic rings. The standard InChI is InChI=1S/C20H21N5O2/c1-14(2)19(26)23-18-11-17(24-25(18)16-8-4-3-5-9-16)20(27)22-13-15-7-6-10-21-12-15/h3-12,14H,13H2,1-2H3,(H,22,27)(H,23,26). The second-order valence-corrected chi connectivity index (χ2v) is 6.35. The fraction of sp³-hybridized carbons (Fsp3) is 0.200. The number of para-hydroxylation sites is 1. The maximum absolute atomic E-state index is 12.5. The van der Waals surface area contributed by atoms with E-state index in [1.807, 2.05) is 42.5 Å². The summed E-state index contributed by atoms with van der Waals surface area (Å²) < 4.78 is 1.55. The summed E-state index contributed by atoms with van der Waals surface area (Å²) in [6, 6.07) is 14.6. The zero-order valence-corrected chi connectivity index (χ0v) is 15.2. The van der Waals surface area contributed by atoms with E-state index in [-0.39, 0.29) is 23.4 Å². The zero-order chi connectivity index (χ0) is 19.2. The summed E-state index contributed by atoms with van der Waals surface area (Å²) >= 11 is 0. The Morgan fingerprint density at radius 3 is 2.56 bits per heavy atom. The molecular formula is C20H21N5O2. The number of rotatable bonds is 6. The van der Waals surface area contributed by atoms with Gasteiger partial charge in [-0.15, -0.1) is 0 Å². The molecule has 2 aromatic heterocycles. The molecule has 0 radical (unpaired) electrons. The molecule has 0 aliphatic carbocycles. The van der Waals surface area contributed by atoms with Gasteiger partial charge in [-0.25, -0.2) is 4.68 Å². The van der Waals surface area contributed by atoms with Crippen molar-refractivity contribution < 1.29 is 9.59 Å². The summed E-state index contributed by atoms with van der Waals surface area (Å²) in [6.45, 7) is 3.96. The van der Waals surface area contributed by atoms with Crippen molar-refractivity contribution in [1.82, 2.24) is 20.1 Å². The van der Waals surface area contributed by atoms with E-state index in [2.05, 4.69) is 20.7 Å². The molecule has 0 aliphatic rings. The highest BCUT2D eigenvalue weighted by molar-refractivity contribution is 5.96.